The van der Waals surface area contributed by atoms with E-state index in [0.29, 0.717) is 0 Å². The number of rotatable bonds is 5. The fraction of sp³-hybridized carbons (Fsp3) is 0. The van der Waals surface area contributed by atoms with Gasteiger partial charge in [-0.1, -0.05) is 146 Å². The van der Waals surface area contributed by atoms with E-state index in [4.69, 9.17) is 4.42 Å². The number of benzene rings is 9. The molecule has 57 heavy (non-hydrogen) atoms. The molecule has 0 amide bonds. The molecule has 0 spiro atoms. The van der Waals surface area contributed by atoms with Crippen LogP contribution in [-0.4, -0.2) is 9.13 Å². The summed E-state index contributed by atoms with van der Waals surface area (Å²) in [6, 6.07) is 74.5. The summed E-state index contributed by atoms with van der Waals surface area (Å²) in [4.78, 5) is 0. The molecule has 0 saturated carbocycles. The van der Waals surface area contributed by atoms with Gasteiger partial charge in [0.1, 0.15) is 11.2 Å². The molecule has 0 radical (unpaired) electrons. The van der Waals surface area contributed by atoms with Gasteiger partial charge in [-0.3, -0.25) is 0 Å². The van der Waals surface area contributed by atoms with Crippen LogP contribution in [0.5, 0.6) is 0 Å². The molecule has 0 atom stereocenters. The van der Waals surface area contributed by atoms with Crippen LogP contribution in [-0.2, 0) is 0 Å². The molecule has 0 bridgehead atoms. The number of nitrogens with zero attached hydrogens (tertiary/aromatic N) is 2. The Kier molecular flexibility index (Phi) is 6.93. The van der Waals surface area contributed by atoms with Crippen molar-refractivity contribution in [1.29, 1.82) is 0 Å². The zero-order chi connectivity index (χ0) is 37.5. The van der Waals surface area contributed by atoms with Gasteiger partial charge in [0, 0.05) is 54.8 Å². The Morgan fingerprint density at radius 2 is 0.807 bits per heavy atom. The molecule has 3 aromatic heterocycles. The van der Waals surface area contributed by atoms with Gasteiger partial charge in [-0.25, -0.2) is 0 Å². The number of para-hydroxylation sites is 5. The van der Waals surface area contributed by atoms with Crippen LogP contribution in [0.15, 0.2) is 211 Å². The van der Waals surface area contributed by atoms with E-state index >= 15 is 0 Å². The average Bonchev–Trinajstić information content (AvgIpc) is 3.94. The molecule has 0 aliphatic rings. The quantitative estimate of drug-likeness (QED) is 0.173. The molecular weight excluding hydrogens is 693 g/mol. The lowest BCUT2D eigenvalue weighted by atomic mass is 9.90. The molecule has 3 nitrogen and oxygen atoms in total. The number of fused-ring (bicyclic) bond motifs is 9. The van der Waals surface area contributed by atoms with Crippen molar-refractivity contribution in [2.24, 2.45) is 0 Å². The van der Waals surface area contributed by atoms with Gasteiger partial charge >= 0.3 is 0 Å². The number of aromatic nitrogens is 2. The highest BCUT2D eigenvalue weighted by molar-refractivity contribution is 6.21. The van der Waals surface area contributed by atoms with E-state index in [1.807, 2.05) is 0 Å². The molecule has 0 N–H and O–H groups in total. The normalized spacial score (nSPS) is 11.9. The summed E-state index contributed by atoms with van der Waals surface area (Å²) in [6.45, 7) is 0. The Morgan fingerprint density at radius 1 is 0.298 bits per heavy atom. The minimum Gasteiger partial charge on any atom is -0.456 e. The second kappa shape index (κ2) is 12.5. The van der Waals surface area contributed by atoms with Crippen LogP contribution in [0.25, 0.3) is 110 Å². The summed E-state index contributed by atoms with van der Waals surface area (Å²) < 4.78 is 11.4. The number of hydrogen-bond donors (Lipinski definition) is 0. The van der Waals surface area contributed by atoms with Crippen LogP contribution < -0.4 is 0 Å². The monoisotopic (exact) mass is 726 g/mol. The standard InChI is InChI=1S/C54H34N2O/c1-4-15-35(16-5-1)36-27-31-50-46(33-36)47-34-37(28-32-51(47)57-50)40-29-30-44-42-22-11-13-26-49(42)56(39-19-8-3-9-20-39)54(44)52(40)45-24-14-23-43-41-21-10-12-25-48(41)55(53(43)45)38-17-6-2-7-18-38/h1-34H. The molecule has 0 aliphatic heterocycles. The van der Waals surface area contributed by atoms with Crippen LogP contribution in [0.2, 0.25) is 0 Å². The first kappa shape index (κ1) is 31.7. The maximum absolute atomic E-state index is 6.48. The maximum Gasteiger partial charge on any atom is 0.135 e. The molecule has 12 aromatic rings. The lowest BCUT2D eigenvalue weighted by Crippen LogP contribution is -1.99. The lowest BCUT2D eigenvalue weighted by molar-refractivity contribution is 0.669. The number of hydrogen-bond acceptors (Lipinski definition) is 1. The van der Waals surface area contributed by atoms with Gasteiger partial charge in [0.2, 0.25) is 0 Å². The van der Waals surface area contributed by atoms with Gasteiger partial charge in [-0.15, -0.1) is 0 Å². The minimum atomic E-state index is 0.881. The smallest absolute Gasteiger partial charge is 0.135 e. The zero-order valence-electron chi connectivity index (χ0n) is 30.9. The highest BCUT2D eigenvalue weighted by Crippen LogP contribution is 2.48. The van der Waals surface area contributed by atoms with Gasteiger partial charge in [0.25, 0.3) is 0 Å². The molecule has 9 aromatic carbocycles. The predicted octanol–water partition coefficient (Wildman–Crippen LogP) is 14.8. The third kappa shape index (κ3) is 4.79. The molecule has 3 heteroatoms. The van der Waals surface area contributed by atoms with Gasteiger partial charge < -0.3 is 13.6 Å². The Hall–Kier alpha value is -7.62. The third-order valence-corrected chi connectivity index (χ3v) is 11.7. The summed E-state index contributed by atoms with van der Waals surface area (Å²) in [5, 5.41) is 7.12. The Balaban J connectivity index is 1.24. The Morgan fingerprint density at radius 3 is 1.46 bits per heavy atom. The highest BCUT2D eigenvalue weighted by Gasteiger charge is 2.25. The molecule has 0 saturated heterocycles. The van der Waals surface area contributed by atoms with Crippen molar-refractivity contribution in [3.8, 4) is 44.8 Å². The van der Waals surface area contributed by atoms with E-state index < -0.39 is 0 Å². The van der Waals surface area contributed by atoms with Gasteiger partial charge in [0.05, 0.1) is 22.1 Å². The summed E-state index contributed by atoms with van der Waals surface area (Å²) in [7, 11) is 0. The molecule has 0 unspecified atom stereocenters. The van der Waals surface area contributed by atoms with Crippen molar-refractivity contribution in [3.63, 3.8) is 0 Å². The van der Waals surface area contributed by atoms with E-state index in [1.54, 1.807) is 0 Å². The second-order valence-electron chi connectivity index (χ2n) is 14.9. The van der Waals surface area contributed by atoms with Gasteiger partial charge in [0.15, 0.2) is 0 Å². The topological polar surface area (TPSA) is 23.0 Å². The number of furan rings is 1. The van der Waals surface area contributed by atoms with E-state index in [0.717, 1.165) is 44.4 Å². The molecular formula is C54H34N2O. The summed E-state index contributed by atoms with van der Waals surface area (Å²) in [6.07, 6.45) is 0. The molecule has 266 valence electrons. The first-order chi connectivity index (χ1) is 28.3. The summed E-state index contributed by atoms with van der Waals surface area (Å²) in [5.41, 5.74) is 15.8. The molecule has 12 rings (SSSR count). The minimum absolute atomic E-state index is 0.881. The van der Waals surface area contributed by atoms with Crippen LogP contribution >= 0.6 is 0 Å². The van der Waals surface area contributed by atoms with Crippen molar-refractivity contribution in [2.75, 3.05) is 0 Å². The third-order valence-electron chi connectivity index (χ3n) is 11.7. The predicted molar refractivity (Wildman–Crippen MR) is 239 cm³/mol. The van der Waals surface area contributed by atoms with Crippen molar-refractivity contribution in [2.45, 2.75) is 0 Å². The van der Waals surface area contributed by atoms with Crippen molar-refractivity contribution >= 4 is 65.6 Å². The van der Waals surface area contributed by atoms with Crippen molar-refractivity contribution in [1.82, 2.24) is 9.13 Å². The Labute approximate surface area is 328 Å². The maximum atomic E-state index is 6.48. The fourth-order valence-corrected chi connectivity index (χ4v) is 9.24. The van der Waals surface area contributed by atoms with Crippen LogP contribution in [0.4, 0.5) is 0 Å². The van der Waals surface area contributed by atoms with Crippen molar-refractivity contribution in [3.05, 3.63) is 206 Å². The molecule has 3 heterocycles. The van der Waals surface area contributed by atoms with Crippen LogP contribution in [0, 0.1) is 0 Å². The van der Waals surface area contributed by atoms with E-state index in [-0.39, 0.29) is 0 Å². The molecule has 0 fully saturated rings. The Bertz CT molecular complexity index is 3500. The van der Waals surface area contributed by atoms with E-state index in [9.17, 15) is 0 Å². The largest absolute Gasteiger partial charge is 0.456 e. The fourth-order valence-electron chi connectivity index (χ4n) is 9.24. The molecule has 0 aliphatic carbocycles. The van der Waals surface area contributed by atoms with Crippen molar-refractivity contribution < 1.29 is 4.42 Å². The van der Waals surface area contributed by atoms with E-state index in [2.05, 4.69) is 215 Å². The first-order valence-corrected chi connectivity index (χ1v) is 19.5. The zero-order valence-corrected chi connectivity index (χ0v) is 30.9. The summed E-state index contributed by atoms with van der Waals surface area (Å²) >= 11 is 0. The van der Waals surface area contributed by atoms with Crippen LogP contribution in [0.1, 0.15) is 0 Å². The van der Waals surface area contributed by atoms with E-state index in [1.165, 1.54) is 65.9 Å². The first-order valence-electron chi connectivity index (χ1n) is 19.5. The van der Waals surface area contributed by atoms with Gasteiger partial charge in [-0.05, 0) is 82.9 Å². The lowest BCUT2D eigenvalue weighted by Gasteiger charge is -2.18. The average molecular weight is 727 g/mol. The van der Waals surface area contributed by atoms with Gasteiger partial charge in [-0.2, -0.15) is 0 Å². The second-order valence-corrected chi connectivity index (χ2v) is 14.9. The highest BCUT2D eigenvalue weighted by atomic mass is 16.3. The van der Waals surface area contributed by atoms with Crippen LogP contribution in [0.3, 0.4) is 0 Å². The SMILES string of the molecule is c1ccc(-c2ccc3oc4ccc(-c5ccc6c7ccccc7n(-c7ccccc7)c6c5-c5cccc6c7ccccc7n(-c7ccccc7)c56)cc4c3c2)cc1. The summed E-state index contributed by atoms with van der Waals surface area (Å²) in [5.74, 6) is 0.